The molecule has 94 valence electrons. The Morgan fingerprint density at radius 1 is 1.50 bits per heavy atom. The van der Waals surface area contributed by atoms with Crippen LogP contribution in [0.3, 0.4) is 0 Å². The van der Waals surface area contributed by atoms with Gasteiger partial charge in [-0.1, -0.05) is 13.3 Å². The highest BCUT2D eigenvalue weighted by atomic mass is 16.3. The van der Waals surface area contributed by atoms with Crippen LogP contribution in [-0.4, -0.2) is 47.7 Å². The van der Waals surface area contributed by atoms with Gasteiger partial charge in [0.05, 0.1) is 12.1 Å². The quantitative estimate of drug-likeness (QED) is 0.683. The Labute approximate surface area is 98.0 Å². The van der Waals surface area contributed by atoms with Gasteiger partial charge in [-0.25, -0.2) is 0 Å². The molecule has 1 heterocycles. The van der Waals surface area contributed by atoms with E-state index in [-0.39, 0.29) is 18.1 Å². The first-order valence-electron chi connectivity index (χ1n) is 6.35. The van der Waals surface area contributed by atoms with Crippen molar-refractivity contribution in [2.75, 3.05) is 19.6 Å². The molecule has 1 saturated heterocycles. The molecule has 1 amide bonds. The lowest BCUT2D eigenvalue weighted by Crippen LogP contribution is -2.49. The number of likely N-dealkylation sites (tertiary alicyclic amines) is 1. The maximum Gasteiger partial charge on any atom is 0.237 e. The largest absolute Gasteiger partial charge is 0.393 e. The number of hydrogen-bond acceptors (Lipinski definition) is 3. The Morgan fingerprint density at radius 2 is 2.12 bits per heavy atom. The van der Waals surface area contributed by atoms with E-state index in [1.807, 2.05) is 6.92 Å². The molecule has 1 aliphatic rings. The summed E-state index contributed by atoms with van der Waals surface area (Å²) in [4.78, 5) is 13.9. The maximum atomic E-state index is 11.8. The lowest BCUT2D eigenvalue weighted by Gasteiger charge is -2.33. The number of carbonyl (C=O) groups is 1. The van der Waals surface area contributed by atoms with Crippen LogP contribution >= 0.6 is 0 Å². The van der Waals surface area contributed by atoms with E-state index in [0.29, 0.717) is 0 Å². The SMILES string of the molecule is CCCCNC(=O)C(C)N1CCC(O)CC1. The molecule has 1 rings (SSSR count). The molecular formula is C12H24N2O2. The van der Waals surface area contributed by atoms with Crippen molar-refractivity contribution in [3.63, 3.8) is 0 Å². The molecule has 0 aromatic heterocycles. The summed E-state index contributed by atoms with van der Waals surface area (Å²) in [5, 5.41) is 12.3. The molecular weight excluding hydrogens is 204 g/mol. The Bertz CT molecular complexity index is 213. The molecule has 0 aliphatic carbocycles. The number of hydrogen-bond donors (Lipinski definition) is 2. The van der Waals surface area contributed by atoms with Crippen LogP contribution in [0.1, 0.15) is 39.5 Å². The van der Waals surface area contributed by atoms with Crippen molar-refractivity contribution in [2.45, 2.75) is 51.7 Å². The third kappa shape index (κ3) is 4.10. The Morgan fingerprint density at radius 3 is 2.69 bits per heavy atom. The molecule has 0 bridgehead atoms. The molecule has 1 fully saturated rings. The van der Waals surface area contributed by atoms with Crippen LogP contribution in [0.15, 0.2) is 0 Å². The van der Waals surface area contributed by atoms with Crippen molar-refractivity contribution < 1.29 is 9.90 Å². The van der Waals surface area contributed by atoms with Crippen LogP contribution in [0.5, 0.6) is 0 Å². The number of nitrogens with zero attached hydrogens (tertiary/aromatic N) is 1. The first-order chi connectivity index (χ1) is 7.65. The monoisotopic (exact) mass is 228 g/mol. The number of unbranched alkanes of at least 4 members (excludes halogenated alkanes) is 1. The second kappa shape index (κ2) is 6.86. The van der Waals surface area contributed by atoms with Crippen molar-refractivity contribution in [2.24, 2.45) is 0 Å². The van der Waals surface area contributed by atoms with Crippen molar-refractivity contribution in [1.29, 1.82) is 0 Å². The molecule has 1 aliphatic heterocycles. The van der Waals surface area contributed by atoms with Gasteiger partial charge in [-0.3, -0.25) is 9.69 Å². The van der Waals surface area contributed by atoms with Crippen LogP contribution < -0.4 is 5.32 Å². The highest BCUT2D eigenvalue weighted by Gasteiger charge is 2.25. The molecule has 1 unspecified atom stereocenters. The zero-order chi connectivity index (χ0) is 12.0. The van der Waals surface area contributed by atoms with Crippen LogP contribution in [0.4, 0.5) is 0 Å². The Kier molecular flexibility index (Phi) is 5.77. The summed E-state index contributed by atoms with van der Waals surface area (Å²) in [6.07, 6.45) is 3.53. The molecule has 0 aromatic carbocycles. The van der Waals surface area contributed by atoms with Gasteiger partial charge < -0.3 is 10.4 Å². The number of aliphatic hydroxyl groups excluding tert-OH is 1. The molecule has 2 N–H and O–H groups in total. The summed E-state index contributed by atoms with van der Waals surface area (Å²) in [7, 11) is 0. The summed E-state index contributed by atoms with van der Waals surface area (Å²) in [5.41, 5.74) is 0. The maximum absolute atomic E-state index is 11.8. The first kappa shape index (κ1) is 13.5. The molecule has 4 nitrogen and oxygen atoms in total. The fourth-order valence-corrected chi connectivity index (χ4v) is 1.98. The van der Waals surface area contributed by atoms with E-state index in [4.69, 9.17) is 0 Å². The minimum atomic E-state index is -0.174. The fourth-order valence-electron chi connectivity index (χ4n) is 1.98. The summed E-state index contributed by atoms with van der Waals surface area (Å²) >= 11 is 0. The lowest BCUT2D eigenvalue weighted by atomic mass is 10.1. The molecule has 1 atom stereocenters. The van der Waals surface area contributed by atoms with E-state index < -0.39 is 0 Å². The Hall–Kier alpha value is -0.610. The van der Waals surface area contributed by atoms with E-state index in [2.05, 4.69) is 17.1 Å². The average molecular weight is 228 g/mol. The number of rotatable bonds is 5. The van der Waals surface area contributed by atoms with Gasteiger partial charge >= 0.3 is 0 Å². The smallest absolute Gasteiger partial charge is 0.237 e. The molecule has 4 heteroatoms. The minimum absolute atomic E-state index is 0.0654. The predicted molar refractivity (Wildman–Crippen MR) is 64.2 cm³/mol. The molecule has 0 aromatic rings. The van der Waals surface area contributed by atoms with E-state index in [1.54, 1.807) is 0 Å². The number of nitrogens with one attached hydrogen (secondary N) is 1. The van der Waals surface area contributed by atoms with Crippen LogP contribution in [0.2, 0.25) is 0 Å². The van der Waals surface area contributed by atoms with E-state index in [9.17, 15) is 9.90 Å². The molecule has 0 saturated carbocycles. The zero-order valence-electron chi connectivity index (χ0n) is 10.4. The van der Waals surface area contributed by atoms with E-state index in [0.717, 1.165) is 45.3 Å². The molecule has 0 spiro atoms. The first-order valence-corrected chi connectivity index (χ1v) is 6.35. The van der Waals surface area contributed by atoms with Crippen molar-refractivity contribution in [3.8, 4) is 0 Å². The van der Waals surface area contributed by atoms with E-state index in [1.165, 1.54) is 0 Å². The van der Waals surface area contributed by atoms with Gasteiger partial charge in [0, 0.05) is 19.6 Å². The number of carbonyl (C=O) groups excluding carboxylic acids is 1. The topological polar surface area (TPSA) is 52.6 Å². The van der Waals surface area contributed by atoms with Gasteiger partial charge in [0.1, 0.15) is 0 Å². The molecule has 0 radical (unpaired) electrons. The summed E-state index contributed by atoms with van der Waals surface area (Å²) < 4.78 is 0. The number of amides is 1. The van der Waals surface area contributed by atoms with E-state index >= 15 is 0 Å². The van der Waals surface area contributed by atoms with Crippen LogP contribution in [-0.2, 0) is 4.79 Å². The van der Waals surface area contributed by atoms with Gasteiger partial charge in [0.2, 0.25) is 5.91 Å². The number of aliphatic hydroxyl groups is 1. The summed E-state index contributed by atoms with van der Waals surface area (Å²) in [6.45, 7) is 6.48. The third-order valence-corrected chi connectivity index (χ3v) is 3.26. The van der Waals surface area contributed by atoms with Crippen molar-refractivity contribution >= 4 is 5.91 Å². The van der Waals surface area contributed by atoms with Gasteiger partial charge in [-0.15, -0.1) is 0 Å². The standard InChI is InChI=1S/C12H24N2O2/c1-3-4-7-13-12(16)10(2)14-8-5-11(15)6-9-14/h10-11,15H,3-9H2,1-2H3,(H,13,16). The predicted octanol–water partition coefficient (Wildman–Crippen LogP) is 0.748. The van der Waals surface area contributed by atoms with Crippen LogP contribution in [0.25, 0.3) is 0 Å². The second-order valence-corrected chi connectivity index (χ2v) is 4.59. The second-order valence-electron chi connectivity index (χ2n) is 4.59. The number of piperidine rings is 1. The zero-order valence-corrected chi connectivity index (χ0v) is 10.4. The van der Waals surface area contributed by atoms with Crippen molar-refractivity contribution in [3.05, 3.63) is 0 Å². The highest BCUT2D eigenvalue weighted by Crippen LogP contribution is 2.12. The van der Waals surface area contributed by atoms with Gasteiger partial charge in [0.25, 0.3) is 0 Å². The fraction of sp³-hybridized carbons (Fsp3) is 0.917. The molecule has 16 heavy (non-hydrogen) atoms. The highest BCUT2D eigenvalue weighted by molar-refractivity contribution is 5.81. The normalized spacial score (nSPS) is 20.7. The average Bonchev–Trinajstić information content (AvgIpc) is 2.29. The van der Waals surface area contributed by atoms with Gasteiger partial charge in [-0.2, -0.15) is 0 Å². The Balaban J connectivity index is 2.27. The minimum Gasteiger partial charge on any atom is -0.393 e. The summed E-state index contributed by atoms with van der Waals surface area (Å²) in [5.74, 6) is 0.116. The van der Waals surface area contributed by atoms with Crippen molar-refractivity contribution in [1.82, 2.24) is 10.2 Å². The van der Waals surface area contributed by atoms with Crippen LogP contribution in [0, 0.1) is 0 Å². The lowest BCUT2D eigenvalue weighted by molar-refractivity contribution is -0.126. The third-order valence-electron chi connectivity index (χ3n) is 3.26. The summed E-state index contributed by atoms with van der Waals surface area (Å²) in [6, 6.07) is -0.0654. The van der Waals surface area contributed by atoms with Gasteiger partial charge in [0.15, 0.2) is 0 Å². The van der Waals surface area contributed by atoms with Gasteiger partial charge in [-0.05, 0) is 26.2 Å².